The van der Waals surface area contributed by atoms with Gasteiger partial charge in [-0.3, -0.25) is 0 Å². The van der Waals surface area contributed by atoms with Gasteiger partial charge in [-0.05, 0) is 40.2 Å². The summed E-state index contributed by atoms with van der Waals surface area (Å²) in [6.45, 7) is 12.1. The van der Waals surface area contributed by atoms with Crippen molar-refractivity contribution in [2.24, 2.45) is 4.99 Å². The van der Waals surface area contributed by atoms with E-state index in [0.717, 1.165) is 12.5 Å². The van der Waals surface area contributed by atoms with Crippen LogP contribution in [0.2, 0.25) is 0 Å². The number of rotatable bonds is 3. The molecule has 0 fully saturated rings. The molecule has 0 spiro atoms. The summed E-state index contributed by atoms with van der Waals surface area (Å²) in [4.78, 5) is 4.60. The number of nitrogens with zero attached hydrogens (tertiary/aromatic N) is 1. The summed E-state index contributed by atoms with van der Waals surface area (Å²) in [6, 6.07) is 8.46. The molecule has 0 bridgehead atoms. The van der Waals surface area contributed by atoms with Crippen LogP contribution >= 0.6 is 24.0 Å². The molecule has 2 N–H and O–H groups in total. The van der Waals surface area contributed by atoms with E-state index in [9.17, 15) is 0 Å². The minimum absolute atomic E-state index is 0. The summed E-state index contributed by atoms with van der Waals surface area (Å²) in [6.07, 6.45) is 0. The molecule has 0 saturated heterocycles. The van der Waals surface area contributed by atoms with Gasteiger partial charge >= 0.3 is 0 Å². The maximum atomic E-state index is 4.60. The zero-order chi connectivity index (χ0) is 13.6. The third-order valence-electron chi connectivity index (χ3n) is 2.34. The Hall–Kier alpha value is -0.780. The molecule has 108 valence electrons. The Morgan fingerprint density at radius 3 is 2.47 bits per heavy atom. The van der Waals surface area contributed by atoms with E-state index in [4.69, 9.17) is 0 Å². The van der Waals surface area contributed by atoms with E-state index in [1.807, 2.05) is 0 Å². The van der Waals surface area contributed by atoms with E-state index in [0.29, 0.717) is 6.54 Å². The van der Waals surface area contributed by atoms with Gasteiger partial charge in [-0.1, -0.05) is 29.8 Å². The second-order valence-electron chi connectivity index (χ2n) is 5.56. The molecule has 0 aliphatic carbocycles. The van der Waals surface area contributed by atoms with E-state index >= 15 is 0 Å². The summed E-state index contributed by atoms with van der Waals surface area (Å²) in [5.74, 6) is 0.867. The Kier molecular flexibility index (Phi) is 8.06. The SMILES string of the molecule is CCNC(=NCc1cccc(C)c1)NC(C)(C)C.I. The highest BCUT2D eigenvalue weighted by Crippen LogP contribution is 2.05. The number of halogens is 1. The molecule has 0 aromatic heterocycles. The lowest BCUT2D eigenvalue weighted by Crippen LogP contribution is -2.47. The van der Waals surface area contributed by atoms with E-state index < -0.39 is 0 Å². The highest BCUT2D eigenvalue weighted by atomic mass is 127. The lowest BCUT2D eigenvalue weighted by atomic mass is 10.1. The van der Waals surface area contributed by atoms with Crippen LogP contribution in [0.4, 0.5) is 0 Å². The van der Waals surface area contributed by atoms with Gasteiger partial charge in [0.05, 0.1) is 6.54 Å². The molecule has 0 aliphatic heterocycles. The van der Waals surface area contributed by atoms with E-state index in [2.05, 4.69) is 74.5 Å². The first-order chi connectivity index (χ1) is 8.40. The standard InChI is InChI=1S/C15H25N3.HI/c1-6-16-14(18-15(3,4)5)17-11-13-9-7-8-12(2)10-13;/h7-10H,6,11H2,1-5H3,(H2,16,17,18);1H. The summed E-state index contributed by atoms with van der Waals surface area (Å²) in [5.41, 5.74) is 2.53. The highest BCUT2D eigenvalue weighted by Gasteiger charge is 2.11. The second-order valence-corrected chi connectivity index (χ2v) is 5.56. The minimum Gasteiger partial charge on any atom is -0.357 e. The fourth-order valence-electron chi connectivity index (χ4n) is 1.64. The third kappa shape index (κ3) is 8.08. The molecular weight excluding hydrogens is 349 g/mol. The maximum absolute atomic E-state index is 4.60. The highest BCUT2D eigenvalue weighted by molar-refractivity contribution is 14.0. The molecule has 0 amide bonds. The van der Waals surface area contributed by atoms with Crippen molar-refractivity contribution < 1.29 is 0 Å². The van der Waals surface area contributed by atoms with E-state index in [1.54, 1.807) is 0 Å². The van der Waals surface area contributed by atoms with Gasteiger partial charge in [0.1, 0.15) is 0 Å². The summed E-state index contributed by atoms with van der Waals surface area (Å²) < 4.78 is 0. The number of aryl methyl sites for hydroxylation is 1. The van der Waals surface area contributed by atoms with Crippen LogP contribution in [-0.2, 0) is 6.54 Å². The number of benzene rings is 1. The van der Waals surface area contributed by atoms with Crippen LogP contribution in [0.15, 0.2) is 29.3 Å². The number of hydrogen-bond acceptors (Lipinski definition) is 1. The Bertz CT molecular complexity index is 408. The van der Waals surface area contributed by atoms with Crippen molar-refractivity contribution >= 4 is 29.9 Å². The van der Waals surface area contributed by atoms with Crippen LogP contribution in [0.1, 0.15) is 38.8 Å². The van der Waals surface area contributed by atoms with Gasteiger partial charge in [-0.2, -0.15) is 0 Å². The number of aliphatic imine (C=N–C) groups is 1. The third-order valence-corrected chi connectivity index (χ3v) is 2.34. The van der Waals surface area contributed by atoms with Crippen molar-refractivity contribution in [1.82, 2.24) is 10.6 Å². The summed E-state index contributed by atoms with van der Waals surface area (Å²) in [7, 11) is 0. The normalized spacial score (nSPS) is 11.7. The molecule has 0 atom stereocenters. The predicted octanol–water partition coefficient (Wildman–Crippen LogP) is 3.47. The summed E-state index contributed by atoms with van der Waals surface area (Å²) >= 11 is 0. The average Bonchev–Trinajstić information content (AvgIpc) is 2.24. The molecule has 0 radical (unpaired) electrons. The van der Waals surface area contributed by atoms with Crippen LogP contribution < -0.4 is 10.6 Å². The van der Waals surface area contributed by atoms with Gasteiger partial charge in [0.15, 0.2) is 5.96 Å². The second kappa shape index (κ2) is 8.40. The van der Waals surface area contributed by atoms with E-state index in [1.165, 1.54) is 11.1 Å². The van der Waals surface area contributed by atoms with Crippen LogP contribution in [0.25, 0.3) is 0 Å². The van der Waals surface area contributed by atoms with Crippen molar-refractivity contribution in [2.45, 2.75) is 46.7 Å². The molecule has 0 unspecified atom stereocenters. The van der Waals surface area contributed by atoms with Crippen molar-refractivity contribution in [3.05, 3.63) is 35.4 Å². The Labute approximate surface area is 134 Å². The fourth-order valence-corrected chi connectivity index (χ4v) is 1.64. The van der Waals surface area contributed by atoms with Crippen LogP contribution in [0.3, 0.4) is 0 Å². The molecular formula is C15H26IN3. The van der Waals surface area contributed by atoms with Gasteiger partial charge in [0.25, 0.3) is 0 Å². The quantitative estimate of drug-likeness (QED) is 0.482. The molecule has 0 aliphatic rings. The molecule has 1 aromatic rings. The maximum Gasteiger partial charge on any atom is 0.191 e. The lowest BCUT2D eigenvalue weighted by molar-refractivity contribution is 0.501. The van der Waals surface area contributed by atoms with Crippen molar-refractivity contribution in [2.75, 3.05) is 6.54 Å². The molecule has 4 heteroatoms. The zero-order valence-corrected chi connectivity index (χ0v) is 14.9. The van der Waals surface area contributed by atoms with Gasteiger partial charge < -0.3 is 10.6 Å². The number of guanidine groups is 1. The molecule has 0 heterocycles. The average molecular weight is 375 g/mol. The smallest absolute Gasteiger partial charge is 0.191 e. The Morgan fingerprint density at radius 2 is 1.95 bits per heavy atom. The minimum atomic E-state index is 0. The van der Waals surface area contributed by atoms with Gasteiger partial charge in [-0.25, -0.2) is 4.99 Å². The first-order valence-electron chi connectivity index (χ1n) is 6.53. The van der Waals surface area contributed by atoms with Gasteiger partial charge in [0.2, 0.25) is 0 Å². The molecule has 1 aromatic carbocycles. The molecule has 3 nitrogen and oxygen atoms in total. The first kappa shape index (κ1) is 18.2. The Morgan fingerprint density at radius 1 is 1.26 bits per heavy atom. The fraction of sp³-hybridized carbons (Fsp3) is 0.533. The van der Waals surface area contributed by atoms with Crippen LogP contribution in [0.5, 0.6) is 0 Å². The van der Waals surface area contributed by atoms with Crippen molar-refractivity contribution in [1.29, 1.82) is 0 Å². The first-order valence-corrected chi connectivity index (χ1v) is 6.53. The van der Waals surface area contributed by atoms with Gasteiger partial charge in [-0.15, -0.1) is 24.0 Å². The summed E-state index contributed by atoms with van der Waals surface area (Å²) in [5, 5.41) is 6.64. The lowest BCUT2D eigenvalue weighted by Gasteiger charge is -2.23. The van der Waals surface area contributed by atoms with Crippen LogP contribution in [0, 0.1) is 6.92 Å². The molecule has 1 rings (SSSR count). The van der Waals surface area contributed by atoms with Gasteiger partial charge in [0, 0.05) is 12.1 Å². The monoisotopic (exact) mass is 375 g/mol. The van der Waals surface area contributed by atoms with Crippen molar-refractivity contribution in [3.63, 3.8) is 0 Å². The number of hydrogen-bond donors (Lipinski definition) is 2. The predicted molar refractivity (Wildman–Crippen MR) is 94.3 cm³/mol. The van der Waals surface area contributed by atoms with Crippen molar-refractivity contribution in [3.8, 4) is 0 Å². The Balaban J connectivity index is 0.00000324. The molecule has 19 heavy (non-hydrogen) atoms. The zero-order valence-electron chi connectivity index (χ0n) is 12.6. The topological polar surface area (TPSA) is 36.4 Å². The van der Waals surface area contributed by atoms with E-state index in [-0.39, 0.29) is 29.5 Å². The largest absolute Gasteiger partial charge is 0.357 e. The molecule has 0 saturated carbocycles. The number of nitrogens with one attached hydrogen (secondary N) is 2. The van der Waals surface area contributed by atoms with Crippen LogP contribution in [-0.4, -0.2) is 18.0 Å².